The number of aliphatic hydroxyl groups excluding tert-OH is 1. The minimum atomic E-state index is -1.19. The van der Waals surface area contributed by atoms with Crippen molar-refractivity contribution in [2.45, 2.75) is 24.9 Å². The summed E-state index contributed by atoms with van der Waals surface area (Å²) in [4.78, 5) is 37.6. The first kappa shape index (κ1) is 21.2. The lowest BCUT2D eigenvalue weighted by atomic mass is 10.1. The van der Waals surface area contributed by atoms with Crippen LogP contribution < -0.4 is 16.4 Å². The van der Waals surface area contributed by atoms with Crippen LogP contribution in [0.4, 0.5) is 0 Å². The summed E-state index contributed by atoms with van der Waals surface area (Å²) in [5.41, 5.74) is 6.73. The van der Waals surface area contributed by atoms with Crippen molar-refractivity contribution in [3.05, 3.63) is 48.2 Å². The summed E-state index contributed by atoms with van der Waals surface area (Å²) < 4.78 is 0. The predicted molar refractivity (Wildman–Crippen MR) is 97.7 cm³/mol. The molecule has 1 rings (SSSR count). The van der Waals surface area contributed by atoms with E-state index < -0.39 is 36.4 Å². The third-order valence-electron chi connectivity index (χ3n) is 3.77. The van der Waals surface area contributed by atoms with Crippen LogP contribution in [0, 0.1) is 0 Å². The van der Waals surface area contributed by atoms with Gasteiger partial charge in [-0.15, -0.1) is 0 Å². The topological polar surface area (TPSA) is 125 Å². The Labute approximate surface area is 153 Å². The maximum Gasteiger partial charge on any atom is 0.245 e. The maximum atomic E-state index is 12.3. The summed E-state index contributed by atoms with van der Waals surface area (Å²) >= 11 is 0. The van der Waals surface area contributed by atoms with Crippen molar-refractivity contribution in [1.29, 1.82) is 0 Å². The van der Waals surface area contributed by atoms with Crippen LogP contribution in [0.3, 0.4) is 0 Å². The molecule has 0 aliphatic rings. The summed E-state index contributed by atoms with van der Waals surface area (Å²) in [7, 11) is 3.49. The second kappa shape index (κ2) is 10.2. The van der Waals surface area contributed by atoms with E-state index in [2.05, 4.69) is 17.2 Å². The number of carbonyl (C=O) groups is 3. The fourth-order valence-electron chi connectivity index (χ4n) is 2.13. The Kier molecular flexibility index (Phi) is 8.30. The molecule has 1 aromatic rings. The number of rotatable bonds is 10. The summed E-state index contributed by atoms with van der Waals surface area (Å²) in [5, 5.41) is 14.3. The highest BCUT2D eigenvalue weighted by Crippen LogP contribution is 2.04. The van der Waals surface area contributed by atoms with Crippen LogP contribution in [-0.2, 0) is 20.8 Å². The molecule has 2 atom stereocenters. The SMILES string of the molecule is C=C(CC(=O)N[C@@H](CO)C(=O)N[C@@H](Cc1ccccc1)C(N)=O)N(C)C. The van der Waals surface area contributed by atoms with E-state index in [4.69, 9.17) is 5.73 Å². The Morgan fingerprint density at radius 1 is 1.15 bits per heavy atom. The molecule has 8 heteroatoms. The van der Waals surface area contributed by atoms with E-state index in [0.717, 1.165) is 5.56 Å². The van der Waals surface area contributed by atoms with Crippen LogP contribution in [0.1, 0.15) is 12.0 Å². The van der Waals surface area contributed by atoms with Crippen LogP contribution in [0.15, 0.2) is 42.6 Å². The van der Waals surface area contributed by atoms with Crippen molar-refractivity contribution in [3.8, 4) is 0 Å². The molecule has 1 aromatic carbocycles. The van der Waals surface area contributed by atoms with Gasteiger partial charge in [0.15, 0.2) is 0 Å². The molecule has 0 aliphatic carbocycles. The van der Waals surface area contributed by atoms with E-state index in [-0.39, 0.29) is 12.8 Å². The molecule has 26 heavy (non-hydrogen) atoms. The van der Waals surface area contributed by atoms with Gasteiger partial charge in [-0.1, -0.05) is 36.9 Å². The molecule has 0 aliphatic heterocycles. The molecule has 0 aromatic heterocycles. The zero-order valence-corrected chi connectivity index (χ0v) is 15.1. The minimum absolute atomic E-state index is 0.0138. The first-order valence-electron chi connectivity index (χ1n) is 8.13. The van der Waals surface area contributed by atoms with Crippen molar-refractivity contribution >= 4 is 17.7 Å². The molecule has 3 amide bonds. The largest absolute Gasteiger partial charge is 0.394 e. The Morgan fingerprint density at radius 3 is 2.27 bits per heavy atom. The average Bonchev–Trinajstić information content (AvgIpc) is 2.59. The van der Waals surface area contributed by atoms with Gasteiger partial charge in [0.2, 0.25) is 17.7 Å². The smallest absolute Gasteiger partial charge is 0.245 e. The van der Waals surface area contributed by atoms with Crippen molar-refractivity contribution in [3.63, 3.8) is 0 Å². The van der Waals surface area contributed by atoms with E-state index >= 15 is 0 Å². The number of hydrogen-bond donors (Lipinski definition) is 4. The molecule has 142 valence electrons. The van der Waals surface area contributed by atoms with Crippen molar-refractivity contribution < 1.29 is 19.5 Å². The standard InChI is InChI=1S/C18H26N4O4/c1-12(22(2)3)9-16(24)20-15(11-23)18(26)21-14(17(19)25)10-13-7-5-4-6-8-13/h4-8,14-15,23H,1,9-11H2,2-3H3,(H2,19,25)(H,20,24)(H,21,26)/t14-,15-/m0/s1. The number of primary amides is 1. The lowest BCUT2D eigenvalue weighted by molar-refractivity contribution is -0.132. The first-order chi connectivity index (χ1) is 12.2. The molecular weight excluding hydrogens is 336 g/mol. The van der Waals surface area contributed by atoms with Gasteiger partial charge in [0.25, 0.3) is 0 Å². The molecule has 0 saturated carbocycles. The van der Waals surface area contributed by atoms with Crippen LogP contribution in [-0.4, -0.2) is 60.5 Å². The third kappa shape index (κ3) is 6.94. The molecule has 0 radical (unpaired) electrons. The second-order valence-corrected chi connectivity index (χ2v) is 6.09. The summed E-state index contributed by atoms with van der Waals surface area (Å²) in [6.07, 6.45) is 0.200. The van der Waals surface area contributed by atoms with Gasteiger partial charge in [0.1, 0.15) is 12.1 Å². The Morgan fingerprint density at radius 2 is 1.77 bits per heavy atom. The molecule has 0 unspecified atom stereocenters. The molecule has 0 bridgehead atoms. The number of benzene rings is 1. The van der Waals surface area contributed by atoms with Gasteiger partial charge in [-0.05, 0) is 5.56 Å². The lowest BCUT2D eigenvalue weighted by Gasteiger charge is -2.21. The van der Waals surface area contributed by atoms with Gasteiger partial charge in [0.05, 0.1) is 13.0 Å². The first-order valence-corrected chi connectivity index (χ1v) is 8.13. The molecule has 0 spiro atoms. The van der Waals surface area contributed by atoms with Gasteiger partial charge in [0, 0.05) is 26.2 Å². The van der Waals surface area contributed by atoms with Crippen molar-refractivity contribution in [2.24, 2.45) is 5.73 Å². The zero-order chi connectivity index (χ0) is 19.7. The van der Waals surface area contributed by atoms with Crippen molar-refractivity contribution in [1.82, 2.24) is 15.5 Å². The number of nitrogens with two attached hydrogens (primary N) is 1. The number of nitrogens with zero attached hydrogens (tertiary/aromatic N) is 1. The van der Waals surface area contributed by atoms with Crippen LogP contribution >= 0.6 is 0 Å². The summed E-state index contributed by atoms with van der Waals surface area (Å²) in [5.74, 6) is -1.85. The Hall–Kier alpha value is -2.87. The van der Waals surface area contributed by atoms with E-state index in [1.807, 2.05) is 18.2 Å². The molecular formula is C18H26N4O4. The van der Waals surface area contributed by atoms with Crippen LogP contribution in [0.25, 0.3) is 0 Å². The second-order valence-electron chi connectivity index (χ2n) is 6.09. The van der Waals surface area contributed by atoms with Gasteiger partial charge in [-0.2, -0.15) is 0 Å². The van der Waals surface area contributed by atoms with E-state index in [9.17, 15) is 19.5 Å². The average molecular weight is 362 g/mol. The predicted octanol–water partition coefficient (Wildman–Crippen LogP) is -0.858. The number of hydrogen-bond acceptors (Lipinski definition) is 5. The van der Waals surface area contributed by atoms with E-state index in [1.54, 1.807) is 31.1 Å². The monoisotopic (exact) mass is 362 g/mol. The van der Waals surface area contributed by atoms with Crippen LogP contribution in [0.5, 0.6) is 0 Å². The molecule has 8 nitrogen and oxygen atoms in total. The quantitative estimate of drug-likeness (QED) is 0.431. The fraction of sp³-hybridized carbons (Fsp3) is 0.389. The lowest BCUT2D eigenvalue weighted by Crippen LogP contribution is -2.55. The Bertz CT molecular complexity index is 646. The van der Waals surface area contributed by atoms with Crippen molar-refractivity contribution in [2.75, 3.05) is 20.7 Å². The Balaban J connectivity index is 2.69. The third-order valence-corrected chi connectivity index (χ3v) is 3.77. The fourth-order valence-corrected chi connectivity index (χ4v) is 2.13. The number of amides is 3. The summed E-state index contributed by atoms with van der Waals surface area (Å²) in [6, 6.07) is 6.93. The molecule has 5 N–H and O–H groups in total. The van der Waals surface area contributed by atoms with Crippen LogP contribution in [0.2, 0.25) is 0 Å². The highest BCUT2D eigenvalue weighted by molar-refractivity contribution is 5.92. The maximum absolute atomic E-state index is 12.3. The normalized spacial score (nSPS) is 12.6. The molecule has 0 fully saturated rings. The minimum Gasteiger partial charge on any atom is -0.394 e. The molecule has 0 saturated heterocycles. The van der Waals surface area contributed by atoms with Gasteiger partial charge >= 0.3 is 0 Å². The van der Waals surface area contributed by atoms with E-state index in [0.29, 0.717) is 5.70 Å². The van der Waals surface area contributed by atoms with Gasteiger partial charge in [-0.3, -0.25) is 14.4 Å². The van der Waals surface area contributed by atoms with Gasteiger partial charge < -0.3 is 26.4 Å². The number of carbonyl (C=O) groups excluding carboxylic acids is 3. The highest BCUT2D eigenvalue weighted by atomic mass is 16.3. The highest BCUT2D eigenvalue weighted by Gasteiger charge is 2.25. The number of aliphatic hydroxyl groups is 1. The van der Waals surface area contributed by atoms with E-state index in [1.165, 1.54) is 0 Å². The van der Waals surface area contributed by atoms with Gasteiger partial charge in [-0.25, -0.2) is 0 Å². The molecule has 0 heterocycles. The number of nitrogens with one attached hydrogen (secondary N) is 2. The zero-order valence-electron chi connectivity index (χ0n) is 15.1. The summed E-state index contributed by atoms with van der Waals surface area (Å²) in [6.45, 7) is 3.12.